The van der Waals surface area contributed by atoms with Gasteiger partial charge < -0.3 is 14.8 Å². The Morgan fingerprint density at radius 3 is 2.35 bits per heavy atom. The van der Waals surface area contributed by atoms with E-state index in [0.29, 0.717) is 24.2 Å². The average molecular weight is 486 g/mol. The molecule has 2 heterocycles. The number of carboxylic acid groups (broad SMARTS) is 2. The second kappa shape index (κ2) is 9.21. The van der Waals surface area contributed by atoms with E-state index in [1.807, 2.05) is 41.3 Å². The van der Waals surface area contributed by atoms with Gasteiger partial charge in [0.15, 0.2) is 0 Å². The Bertz CT molecular complexity index is 1090. The molecule has 2 N–H and O–H groups in total. The van der Waals surface area contributed by atoms with Gasteiger partial charge in [0, 0.05) is 54.3 Å². The van der Waals surface area contributed by atoms with Crippen LogP contribution >= 0.6 is 15.9 Å². The molecule has 0 bridgehead atoms. The highest BCUT2D eigenvalue weighted by atomic mass is 79.9. The molecule has 1 unspecified atom stereocenters. The van der Waals surface area contributed by atoms with Crippen LogP contribution in [0.2, 0.25) is 0 Å². The molecule has 0 aliphatic carbocycles. The van der Waals surface area contributed by atoms with E-state index in [2.05, 4.69) is 33.0 Å². The normalized spacial score (nSPS) is 16.4. The van der Waals surface area contributed by atoms with E-state index < -0.39 is 18.0 Å². The van der Waals surface area contributed by atoms with E-state index >= 15 is 0 Å². The number of piperazine rings is 1. The Kier molecular flexibility index (Phi) is 6.41. The number of fused-ring (bicyclic) bond motifs is 1. The molecule has 1 aromatic heterocycles. The first kappa shape index (κ1) is 21.5. The van der Waals surface area contributed by atoms with Gasteiger partial charge in [-0.3, -0.25) is 19.4 Å². The van der Waals surface area contributed by atoms with Crippen molar-refractivity contribution in [2.24, 2.45) is 0 Å². The van der Waals surface area contributed by atoms with Crippen LogP contribution in [0, 0.1) is 0 Å². The van der Waals surface area contributed by atoms with Gasteiger partial charge in [-0.2, -0.15) is 0 Å². The van der Waals surface area contributed by atoms with Crippen molar-refractivity contribution in [2.75, 3.05) is 26.2 Å². The molecule has 1 aliphatic heterocycles. The first-order valence-corrected chi connectivity index (χ1v) is 10.9. The molecule has 0 amide bonds. The number of halogens is 1. The Morgan fingerprint density at radius 2 is 1.71 bits per heavy atom. The van der Waals surface area contributed by atoms with Crippen LogP contribution in [0.15, 0.2) is 59.2 Å². The molecular formula is C23H24BrN3O4. The number of hydrogen-bond donors (Lipinski definition) is 2. The minimum Gasteiger partial charge on any atom is -0.480 e. The van der Waals surface area contributed by atoms with E-state index in [0.717, 1.165) is 29.5 Å². The zero-order valence-corrected chi connectivity index (χ0v) is 18.5. The largest absolute Gasteiger partial charge is 0.480 e. The summed E-state index contributed by atoms with van der Waals surface area (Å²) >= 11 is 3.43. The molecule has 4 rings (SSSR count). The number of aliphatic carboxylic acids is 2. The minimum atomic E-state index is -0.968. The zero-order valence-electron chi connectivity index (χ0n) is 16.9. The second-order valence-electron chi connectivity index (χ2n) is 7.81. The van der Waals surface area contributed by atoms with Gasteiger partial charge in [-0.25, -0.2) is 0 Å². The lowest BCUT2D eigenvalue weighted by atomic mass is 10.0. The van der Waals surface area contributed by atoms with Gasteiger partial charge in [0.2, 0.25) is 0 Å². The third kappa shape index (κ3) is 4.81. The fourth-order valence-electron chi connectivity index (χ4n) is 4.30. The summed E-state index contributed by atoms with van der Waals surface area (Å²) in [5.41, 5.74) is 2.58. The minimum absolute atomic E-state index is 0.218. The van der Waals surface area contributed by atoms with Crippen molar-refractivity contribution in [3.8, 4) is 0 Å². The molecule has 162 valence electrons. The molecule has 1 saturated heterocycles. The van der Waals surface area contributed by atoms with Crippen molar-refractivity contribution in [3.05, 3.63) is 70.3 Å². The van der Waals surface area contributed by atoms with Gasteiger partial charge >= 0.3 is 11.9 Å². The Labute approximate surface area is 188 Å². The van der Waals surface area contributed by atoms with Gasteiger partial charge in [0.1, 0.15) is 12.6 Å². The number of benzene rings is 2. The molecule has 1 fully saturated rings. The third-order valence-electron chi connectivity index (χ3n) is 5.73. The highest BCUT2D eigenvalue weighted by Crippen LogP contribution is 2.33. The maximum Gasteiger partial charge on any atom is 0.325 e. The fraction of sp³-hybridized carbons (Fsp3) is 0.304. The maximum atomic E-state index is 12.3. The highest BCUT2D eigenvalue weighted by Gasteiger charge is 2.33. The van der Waals surface area contributed by atoms with Crippen molar-refractivity contribution in [1.82, 2.24) is 14.4 Å². The number of aromatic nitrogens is 1. The number of hydrogen-bond acceptors (Lipinski definition) is 4. The average Bonchev–Trinajstić information content (AvgIpc) is 3.06. The van der Waals surface area contributed by atoms with Crippen molar-refractivity contribution in [2.45, 2.75) is 19.1 Å². The van der Waals surface area contributed by atoms with E-state index in [4.69, 9.17) is 0 Å². The van der Waals surface area contributed by atoms with E-state index in [-0.39, 0.29) is 6.54 Å². The molecule has 2 aromatic carbocycles. The topological polar surface area (TPSA) is 86.0 Å². The third-order valence-corrected chi connectivity index (χ3v) is 6.22. The lowest BCUT2D eigenvalue weighted by Crippen LogP contribution is -2.48. The van der Waals surface area contributed by atoms with E-state index in [1.165, 1.54) is 5.56 Å². The summed E-state index contributed by atoms with van der Waals surface area (Å²) in [6.45, 7) is 3.44. The quantitative estimate of drug-likeness (QED) is 0.533. The van der Waals surface area contributed by atoms with Crippen molar-refractivity contribution >= 4 is 38.8 Å². The van der Waals surface area contributed by atoms with Crippen molar-refractivity contribution in [3.63, 3.8) is 0 Å². The van der Waals surface area contributed by atoms with Crippen LogP contribution < -0.4 is 0 Å². The molecular weight excluding hydrogens is 462 g/mol. The summed E-state index contributed by atoms with van der Waals surface area (Å²) in [4.78, 5) is 28.0. The van der Waals surface area contributed by atoms with Crippen LogP contribution in [-0.2, 0) is 22.7 Å². The molecule has 0 spiro atoms. The molecule has 31 heavy (non-hydrogen) atoms. The molecule has 0 radical (unpaired) electrons. The Hall–Kier alpha value is -2.68. The van der Waals surface area contributed by atoms with Crippen LogP contribution in [0.3, 0.4) is 0 Å². The summed E-state index contributed by atoms with van der Waals surface area (Å²) in [6.07, 6.45) is 1.68. The number of carbonyl (C=O) groups is 2. The Morgan fingerprint density at radius 1 is 1.00 bits per heavy atom. The van der Waals surface area contributed by atoms with Crippen molar-refractivity contribution < 1.29 is 19.8 Å². The first-order valence-electron chi connectivity index (χ1n) is 10.2. The monoisotopic (exact) mass is 485 g/mol. The highest BCUT2D eigenvalue weighted by molar-refractivity contribution is 9.10. The van der Waals surface area contributed by atoms with Crippen LogP contribution in [0.5, 0.6) is 0 Å². The molecule has 3 aromatic rings. The standard InChI is InChI=1S/C23H24BrN3O4/c24-17-6-7-18-19(14-27(15-21(28)29)20(18)12-17)22(23(30)31)26-10-8-25(9-11-26)13-16-4-2-1-3-5-16/h1-7,12,14,22H,8-11,13,15H2,(H,28,29)(H,30,31). The summed E-state index contributed by atoms with van der Waals surface area (Å²) < 4.78 is 2.43. The Balaban J connectivity index is 1.58. The summed E-state index contributed by atoms with van der Waals surface area (Å²) in [7, 11) is 0. The van der Waals surface area contributed by atoms with Crippen LogP contribution in [-0.4, -0.2) is 62.7 Å². The van der Waals surface area contributed by atoms with Gasteiger partial charge in [-0.1, -0.05) is 52.3 Å². The molecule has 7 nitrogen and oxygen atoms in total. The number of nitrogens with zero attached hydrogens (tertiary/aromatic N) is 3. The van der Waals surface area contributed by atoms with Gasteiger partial charge in [-0.15, -0.1) is 0 Å². The van der Waals surface area contributed by atoms with Crippen LogP contribution in [0.25, 0.3) is 10.9 Å². The number of carboxylic acids is 2. The van der Waals surface area contributed by atoms with Crippen LogP contribution in [0.4, 0.5) is 0 Å². The van der Waals surface area contributed by atoms with Gasteiger partial charge in [0.05, 0.1) is 5.52 Å². The summed E-state index contributed by atoms with van der Waals surface area (Å²) in [5, 5.41) is 20.1. The van der Waals surface area contributed by atoms with Crippen LogP contribution in [0.1, 0.15) is 17.2 Å². The lowest BCUT2D eigenvalue weighted by molar-refractivity contribution is -0.144. The lowest BCUT2D eigenvalue weighted by Gasteiger charge is -2.37. The zero-order chi connectivity index (χ0) is 22.0. The van der Waals surface area contributed by atoms with Crippen molar-refractivity contribution in [1.29, 1.82) is 0 Å². The summed E-state index contributed by atoms with van der Waals surface area (Å²) in [6, 6.07) is 15.0. The molecule has 8 heteroatoms. The maximum absolute atomic E-state index is 12.3. The van der Waals surface area contributed by atoms with Gasteiger partial charge in [0.25, 0.3) is 0 Å². The van der Waals surface area contributed by atoms with E-state index in [9.17, 15) is 19.8 Å². The predicted octanol–water partition coefficient (Wildman–Crippen LogP) is 3.43. The smallest absolute Gasteiger partial charge is 0.325 e. The SMILES string of the molecule is O=C(O)Cn1cc(C(C(=O)O)N2CCN(Cc3ccccc3)CC2)c2ccc(Br)cc21. The summed E-state index contributed by atoms with van der Waals surface area (Å²) in [5.74, 6) is -1.89. The first-order chi connectivity index (χ1) is 14.9. The predicted molar refractivity (Wildman–Crippen MR) is 121 cm³/mol. The molecule has 0 saturated carbocycles. The fourth-order valence-corrected chi connectivity index (χ4v) is 4.64. The van der Waals surface area contributed by atoms with Gasteiger partial charge in [-0.05, 0) is 17.7 Å². The van der Waals surface area contributed by atoms with E-state index in [1.54, 1.807) is 10.8 Å². The number of rotatable bonds is 7. The molecule has 1 aliphatic rings. The molecule has 1 atom stereocenters. The second-order valence-corrected chi connectivity index (χ2v) is 8.72.